The van der Waals surface area contributed by atoms with Crippen LogP contribution in [0.5, 0.6) is 0 Å². The monoisotopic (exact) mass is 301 g/mol. The fraction of sp³-hybridized carbons (Fsp3) is 0.538. The van der Waals surface area contributed by atoms with Crippen molar-refractivity contribution in [1.29, 1.82) is 0 Å². The molecule has 7 heteroatoms. The maximum absolute atomic E-state index is 13.5. The number of nitrogen functional groups attached to an aromatic ring is 1. The Balaban J connectivity index is 2.35. The van der Waals surface area contributed by atoms with Gasteiger partial charge in [0.2, 0.25) is 10.0 Å². The average molecular weight is 301 g/mol. The van der Waals surface area contributed by atoms with E-state index < -0.39 is 15.8 Å². The maximum Gasteiger partial charge on any atom is 0.243 e. The summed E-state index contributed by atoms with van der Waals surface area (Å²) in [6.07, 6.45) is 0.761. The molecule has 0 radical (unpaired) electrons. The van der Waals surface area contributed by atoms with Crippen LogP contribution in [-0.4, -0.2) is 50.3 Å². The van der Waals surface area contributed by atoms with E-state index in [9.17, 15) is 12.8 Å². The van der Waals surface area contributed by atoms with Gasteiger partial charge in [-0.2, -0.15) is 4.31 Å². The molecule has 2 rings (SSSR count). The van der Waals surface area contributed by atoms with Crippen molar-refractivity contribution in [2.24, 2.45) is 0 Å². The van der Waals surface area contributed by atoms with Gasteiger partial charge in [-0.05, 0) is 45.1 Å². The largest absolute Gasteiger partial charge is 0.396 e. The fourth-order valence-electron chi connectivity index (χ4n) is 2.51. The highest BCUT2D eigenvalue weighted by molar-refractivity contribution is 7.89. The predicted octanol–water partition coefficient (Wildman–Crippen LogP) is 1.12. The van der Waals surface area contributed by atoms with Crippen LogP contribution in [0.15, 0.2) is 23.1 Å². The second-order valence-electron chi connectivity index (χ2n) is 5.26. The summed E-state index contributed by atoms with van der Waals surface area (Å²) in [5, 5.41) is 0. The summed E-state index contributed by atoms with van der Waals surface area (Å²) in [5.74, 6) is -0.703. The Labute approximate surface area is 119 Å². The van der Waals surface area contributed by atoms with Gasteiger partial charge in [0.05, 0.1) is 10.6 Å². The summed E-state index contributed by atoms with van der Waals surface area (Å²) < 4.78 is 40.2. The second kappa shape index (κ2) is 5.67. The minimum Gasteiger partial charge on any atom is -0.396 e. The van der Waals surface area contributed by atoms with Gasteiger partial charge in [0.1, 0.15) is 5.82 Å². The smallest absolute Gasteiger partial charge is 0.243 e. The molecule has 1 heterocycles. The molecule has 1 fully saturated rings. The van der Waals surface area contributed by atoms with E-state index in [0.29, 0.717) is 13.1 Å². The molecule has 1 aliphatic heterocycles. The molecule has 0 amide bonds. The van der Waals surface area contributed by atoms with E-state index in [1.807, 2.05) is 14.0 Å². The Kier molecular flexibility index (Phi) is 4.31. The number of nitrogens with two attached hydrogens (primary N) is 1. The van der Waals surface area contributed by atoms with E-state index in [4.69, 9.17) is 5.73 Å². The van der Waals surface area contributed by atoms with Gasteiger partial charge in [0.25, 0.3) is 0 Å². The van der Waals surface area contributed by atoms with Crippen LogP contribution in [0, 0.1) is 5.82 Å². The van der Waals surface area contributed by atoms with Crippen molar-refractivity contribution < 1.29 is 12.8 Å². The van der Waals surface area contributed by atoms with Crippen molar-refractivity contribution in [2.45, 2.75) is 24.3 Å². The van der Waals surface area contributed by atoms with E-state index in [0.717, 1.165) is 19.0 Å². The molecule has 1 aromatic rings. The first-order chi connectivity index (χ1) is 9.32. The fourth-order valence-corrected chi connectivity index (χ4v) is 4.18. The zero-order valence-electron chi connectivity index (χ0n) is 11.7. The molecule has 1 saturated heterocycles. The van der Waals surface area contributed by atoms with Crippen molar-refractivity contribution in [3.8, 4) is 0 Å². The van der Waals surface area contributed by atoms with Gasteiger partial charge in [-0.3, -0.25) is 0 Å². The molecule has 0 aromatic heterocycles. The SMILES string of the molecule is CC1CN(C)CCCN1S(=O)(=O)c1ccc(N)c(F)c1. The van der Waals surface area contributed by atoms with Crippen LogP contribution in [0.1, 0.15) is 13.3 Å². The minimum atomic E-state index is -3.69. The van der Waals surface area contributed by atoms with Crippen molar-refractivity contribution >= 4 is 15.7 Å². The number of anilines is 1. The first-order valence-electron chi connectivity index (χ1n) is 6.58. The topological polar surface area (TPSA) is 66.6 Å². The number of nitrogens with zero attached hydrogens (tertiary/aromatic N) is 2. The predicted molar refractivity (Wildman–Crippen MR) is 76.3 cm³/mol. The lowest BCUT2D eigenvalue weighted by molar-refractivity contribution is 0.290. The van der Waals surface area contributed by atoms with E-state index in [1.54, 1.807) is 0 Å². The van der Waals surface area contributed by atoms with Crippen LogP contribution < -0.4 is 5.73 Å². The van der Waals surface area contributed by atoms with Gasteiger partial charge in [-0.1, -0.05) is 0 Å². The summed E-state index contributed by atoms with van der Waals surface area (Å²) in [7, 11) is -1.72. The molecule has 5 nitrogen and oxygen atoms in total. The van der Waals surface area contributed by atoms with Gasteiger partial charge in [0.15, 0.2) is 0 Å². The Morgan fingerprint density at radius 2 is 2.05 bits per heavy atom. The normalized spacial score (nSPS) is 22.6. The molecule has 2 N–H and O–H groups in total. The summed E-state index contributed by atoms with van der Waals surface area (Å²) >= 11 is 0. The highest BCUT2D eigenvalue weighted by Gasteiger charge is 2.31. The van der Waals surface area contributed by atoms with Crippen LogP contribution in [0.2, 0.25) is 0 Å². The van der Waals surface area contributed by atoms with E-state index >= 15 is 0 Å². The molecule has 112 valence electrons. The van der Waals surface area contributed by atoms with Gasteiger partial charge in [0, 0.05) is 19.1 Å². The molecule has 0 saturated carbocycles. The first-order valence-corrected chi connectivity index (χ1v) is 8.02. The van der Waals surface area contributed by atoms with Crippen LogP contribution in [0.3, 0.4) is 0 Å². The molecule has 1 atom stereocenters. The van der Waals surface area contributed by atoms with Crippen molar-refractivity contribution in [2.75, 3.05) is 32.4 Å². The summed E-state index contributed by atoms with van der Waals surface area (Å²) in [6, 6.07) is 3.49. The highest BCUT2D eigenvalue weighted by atomic mass is 32.2. The number of likely N-dealkylation sites (N-methyl/N-ethyl adjacent to an activating group) is 1. The van der Waals surface area contributed by atoms with Gasteiger partial charge in [-0.15, -0.1) is 0 Å². The number of benzene rings is 1. The summed E-state index contributed by atoms with van der Waals surface area (Å²) in [5.41, 5.74) is 5.34. The minimum absolute atomic E-state index is 0.0411. The number of rotatable bonds is 2. The van der Waals surface area contributed by atoms with E-state index in [1.165, 1.54) is 16.4 Å². The van der Waals surface area contributed by atoms with Gasteiger partial charge < -0.3 is 10.6 Å². The average Bonchev–Trinajstić information content (AvgIpc) is 2.53. The molecule has 0 spiro atoms. The molecule has 20 heavy (non-hydrogen) atoms. The quantitative estimate of drug-likeness (QED) is 0.831. The Hall–Kier alpha value is -1.18. The Morgan fingerprint density at radius 3 is 2.70 bits per heavy atom. The molecule has 1 aliphatic rings. The zero-order chi connectivity index (χ0) is 14.9. The number of sulfonamides is 1. The lowest BCUT2D eigenvalue weighted by atomic mass is 10.3. The summed E-state index contributed by atoms with van der Waals surface area (Å²) in [6.45, 7) is 3.83. The molecular weight excluding hydrogens is 281 g/mol. The number of halogens is 1. The Morgan fingerprint density at radius 1 is 1.35 bits per heavy atom. The van der Waals surface area contributed by atoms with Crippen LogP contribution >= 0.6 is 0 Å². The standard InChI is InChI=1S/C13H20FN3O2S/c1-10-9-16(2)6-3-7-17(10)20(18,19)11-4-5-13(15)12(14)8-11/h4-5,8,10H,3,6-7,9,15H2,1-2H3. The van der Waals surface area contributed by atoms with Gasteiger partial charge >= 0.3 is 0 Å². The van der Waals surface area contributed by atoms with Crippen LogP contribution in [0.4, 0.5) is 10.1 Å². The lowest BCUT2D eigenvalue weighted by Crippen LogP contribution is -2.41. The van der Waals surface area contributed by atoms with Crippen LogP contribution in [-0.2, 0) is 10.0 Å². The maximum atomic E-state index is 13.5. The van der Waals surface area contributed by atoms with Crippen LogP contribution in [0.25, 0.3) is 0 Å². The highest BCUT2D eigenvalue weighted by Crippen LogP contribution is 2.23. The third kappa shape index (κ3) is 2.94. The van der Waals surface area contributed by atoms with Gasteiger partial charge in [-0.25, -0.2) is 12.8 Å². The molecule has 0 aliphatic carbocycles. The number of hydrogen-bond acceptors (Lipinski definition) is 4. The molecule has 1 aromatic carbocycles. The van der Waals surface area contributed by atoms with E-state index in [2.05, 4.69) is 4.90 Å². The van der Waals surface area contributed by atoms with Crippen molar-refractivity contribution in [3.05, 3.63) is 24.0 Å². The molecule has 1 unspecified atom stereocenters. The number of hydrogen-bond donors (Lipinski definition) is 1. The summed E-state index contributed by atoms with van der Waals surface area (Å²) in [4.78, 5) is 2.06. The molecule has 0 bridgehead atoms. The van der Waals surface area contributed by atoms with E-state index in [-0.39, 0.29) is 16.6 Å². The molecular formula is C13H20FN3O2S. The zero-order valence-corrected chi connectivity index (χ0v) is 12.5. The third-order valence-corrected chi connectivity index (χ3v) is 5.57. The first kappa shape index (κ1) is 15.2. The lowest BCUT2D eigenvalue weighted by Gasteiger charge is -2.27. The Bertz CT molecular complexity index is 591. The second-order valence-corrected chi connectivity index (χ2v) is 7.15. The third-order valence-electron chi connectivity index (χ3n) is 3.56. The van der Waals surface area contributed by atoms with Crippen molar-refractivity contribution in [1.82, 2.24) is 9.21 Å². The van der Waals surface area contributed by atoms with Crippen molar-refractivity contribution in [3.63, 3.8) is 0 Å².